The Morgan fingerprint density at radius 2 is 2.12 bits per heavy atom. The van der Waals surface area contributed by atoms with Gasteiger partial charge in [-0.25, -0.2) is 0 Å². The van der Waals surface area contributed by atoms with Crippen molar-refractivity contribution >= 4 is 0 Å². The van der Waals surface area contributed by atoms with Crippen LogP contribution in [0.4, 0.5) is 0 Å². The molecule has 1 aliphatic heterocycles. The summed E-state index contributed by atoms with van der Waals surface area (Å²) in [7, 11) is 1.81. The SMILES string of the molecule is COCC(CNCC(C)C)N1CCCC(C)C1. The molecule has 1 saturated heterocycles. The molecule has 1 N–H and O–H groups in total. The van der Waals surface area contributed by atoms with Gasteiger partial charge in [-0.05, 0) is 37.8 Å². The van der Waals surface area contributed by atoms with E-state index in [1.54, 1.807) is 0 Å². The molecule has 1 heterocycles. The minimum absolute atomic E-state index is 0.543. The number of hydrogen-bond donors (Lipinski definition) is 1. The topological polar surface area (TPSA) is 24.5 Å². The largest absolute Gasteiger partial charge is 0.383 e. The summed E-state index contributed by atoms with van der Waals surface area (Å²) in [5.74, 6) is 1.56. The maximum atomic E-state index is 5.37. The van der Waals surface area contributed by atoms with E-state index in [0.717, 1.165) is 31.5 Å². The van der Waals surface area contributed by atoms with Crippen LogP contribution in [-0.2, 0) is 4.74 Å². The molecule has 3 nitrogen and oxygen atoms in total. The van der Waals surface area contributed by atoms with E-state index >= 15 is 0 Å². The summed E-state index contributed by atoms with van der Waals surface area (Å²) in [5.41, 5.74) is 0. The number of nitrogens with one attached hydrogen (secondary N) is 1. The second kappa shape index (κ2) is 8.06. The van der Waals surface area contributed by atoms with E-state index in [4.69, 9.17) is 4.74 Å². The van der Waals surface area contributed by atoms with Gasteiger partial charge in [0, 0.05) is 26.2 Å². The van der Waals surface area contributed by atoms with E-state index in [0.29, 0.717) is 6.04 Å². The van der Waals surface area contributed by atoms with E-state index in [2.05, 4.69) is 31.0 Å². The standard InChI is InChI=1S/C14H30N2O/c1-12(2)8-15-9-14(11-17-4)16-7-5-6-13(3)10-16/h12-15H,5-11H2,1-4H3. The lowest BCUT2D eigenvalue weighted by Crippen LogP contribution is -2.49. The van der Waals surface area contributed by atoms with Crippen LogP contribution in [0.15, 0.2) is 0 Å². The van der Waals surface area contributed by atoms with Crippen LogP contribution in [-0.4, -0.2) is 50.8 Å². The Morgan fingerprint density at radius 3 is 2.71 bits per heavy atom. The summed E-state index contributed by atoms with van der Waals surface area (Å²) in [6, 6.07) is 0.543. The first-order valence-corrected chi connectivity index (χ1v) is 7.07. The fourth-order valence-electron chi connectivity index (χ4n) is 2.58. The zero-order valence-corrected chi connectivity index (χ0v) is 12.0. The summed E-state index contributed by atoms with van der Waals surface area (Å²) < 4.78 is 5.37. The molecule has 0 aromatic carbocycles. The summed E-state index contributed by atoms with van der Waals surface area (Å²) in [6.45, 7) is 12.3. The molecule has 0 aliphatic carbocycles. The quantitative estimate of drug-likeness (QED) is 0.739. The van der Waals surface area contributed by atoms with Crippen LogP contribution in [0, 0.1) is 11.8 Å². The lowest BCUT2D eigenvalue weighted by atomic mass is 9.99. The van der Waals surface area contributed by atoms with Gasteiger partial charge in [0.05, 0.1) is 6.61 Å². The van der Waals surface area contributed by atoms with E-state index in [1.807, 2.05) is 7.11 Å². The Kier molecular flexibility index (Phi) is 7.09. The zero-order valence-electron chi connectivity index (χ0n) is 12.0. The van der Waals surface area contributed by atoms with Crippen LogP contribution in [0.3, 0.4) is 0 Å². The Labute approximate surface area is 107 Å². The molecule has 17 heavy (non-hydrogen) atoms. The maximum Gasteiger partial charge on any atom is 0.0630 e. The first kappa shape index (κ1) is 14.9. The van der Waals surface area contributed by atoms with Crippen molar-refractivity contribution < 1.29 is 4.74 Å². The van der Waals surface area contributed by atoms with Crippen molar-refractivity contribution in [3.63, 3.8) is 0 Å². The van der Waals surface area contributed by atoms with Gasteiger partial charge in [-0.2, -0.15) is 0 Å². The number of methoxy groups -OCH3 is 1. The molecule has 0 bridgehead atoms. The number of likely N-dealkylation sites (tertiary alicyclic amines) is 1. The molecule has 1 fully saturated rings. The third-order valence-electron chi connectivity index (χ3n) is 3.50. The molecule has 3 heteroatoms. The lowest BCUT2D eigenvalue weighted by molar-refractivity contribution is 0.0619. The summed E-state index contributed by atoms with van der Waals surface area (Å²) in [5, 5.41) is 3.56. The molecule has 0 saturated carbocycles. The molecule has 2 unspecified atom stereocenters. The second-order valence-corrected chi connectivity index (χ2v) is 5.90. The summed E-state index contributed by atoms with van der Waals surface area (Å²) >= 11 is 0. The first-order valence-electron chi connectivity index (χ1n) is 7.07. The minimum Gasteiger partial charge on any atom is -0.383 e. The highest BCUT2D eigenvalue weighted by molar-refractivity contribution is 4.79. The van der Waals surface area contributed by atoms with Crippen molar-refractivity contribution in [3.05, 3.63) is 0 Å². The van der Waals surface area contributed by atoms with Gasteiger partial charge in [0.2, 0.25) is 0 Å². The highest BCUT2D eigenvalue weighted by atomic mass is 16.5. The van der Waals surface area contributed by atoms with Crippen LogP contribution >= 0.6 is 0 Å². The Bertz CT molecular complexity index is 197. The predicted molar refractivity (Wildman–Crippen MR) is 73.3 cm³/mol. The molecule has 1 aliphatic rings. The number of nitrogens with zero attached hydrogens (tertiary/aromatic N) is 1. The average molecular weight is 242 g/mol. The first-order chi connectivity index (χ1) is 8.13. The average Bonchev–Trinajstić information content (AvgIpc) is 2.27. The van der Waals surface area contributed by atoms with Crippen molar-refractivity contribution in [1.29, 1.82) is 0 Å². The zero-order chi connectivity index (χ0) is 12.7. The lowest BCUT2D eigenvalue weighted by Gasteiger charge is -2.37. The number of piperidine rings is 1. The van der Waals surface area contributed by atoms with E-state index in [9.17, 15) is 0 Å². The molecule has 0 aromatic heterocycles. The van der Waals surface area contributed by atoms with Gasteiger partial charge in [-0.3, -0.25) is 4.90 Å². The van der Waals surface area contributed by atoms with Gasteiger partial charge < -0.3 is 10.1 Å². The smallest absolute Gasteiger partial charge is 0.0630 e. The fourth-order valence-corrected chi connectivity index (χ4v) is 2.58. The van der Waals surface area contributed by atoms with Gasteiger partial charge in [0.1, 0.15) is 0 Å². The Hall–Kier alpha value is -0.120. The highest BCUT2D eigenvalue weighted by Gasteiger charge is 2.23. The van der Waals surface area contributed by atoms with Gasteiger partial charge >= 0.3 is 0 Å². The Balaban J connectivity index is 2.35. The fraction of sp³-hybridized carbons (Fsp3) is 1.00. The van der Waals surface area contributed by atoms with E-state index in [-0.39, 0.29) is 0 Å². The second-order valence-electron chi connectivity index (χ2n) is 5.90. The molecular weight excluding hydrogens is 212 g/mol. The number of rotatable bonds is 7. The molecular formula is C14H30N2O. The Morgan fingerprint density at radius 1 is 1.35 bits per heavy atom. The minimum atomic E-state index is 0.543. The maximum absolute atomic E-state index is 5.37. The summed E-state index contributed by atoms with van der Waals surface area (Å²) in [6.07, 6.45) is 2.72. The van der Waals surface area contributed by atoms with Crippen molar-refractivity contribution in [2.45, 2.75) is 39.7 Å². The normalized spacial score (nSPS) is 24.2. The van der Waals surface area contributed by atoms with Crippen LogP contribution in [0.2, 0.25) is 0 Å². The third kappa shape index (κ3) is 5.84. The van der Waals surface area contributed by atoms with Crippen molar-refractivity contribution in [2.24, 2.45) is 11.8 Å². The van der Waals surface area contributed by atoms with Crippen LogP contribution < -0.4 is 5.32 Å². The molecule has 0 radical (unpaired) electrons. The van der Waals surface area contributed by atoms with Crippen molar-refractivity contribution in [2.75, 3.05) is 39.9 Å². The van der Waals surface area contributed by atoms with Gasteiger partial charge in [0.15, 0.2) is 0 Å². The molecule has 0 amide bonds. The van der Waals surface area contributed by atoms with E-state index in [1.165, 1.54) is 25.9 Å². The van der Waals surface area contributed by atoms with Gasteiger partial charge in [-0.15, -0.1) is 0 Å². The van der Waals surface area contributed by atoms with Crippen LogP contribution in [0.25, 0.3) is 0 Å². The van der Waals surface area contributed by atoms with Crippen LogP contribution in [0.1, 0.15) is 33.6 Å². The predicted octanol–water partition coefficient (Wildman–Crippen LogP) is 1.98. The molecule has 0 aromatic rings. The van der Waals surface area contributed by atoms with Crippen molar-refractivity contribution in [3.8, 4) is 0 Å². The van der Waals surface area contributed by atoms with Crippen molar-refractivity contribution in [1.82, 2.24) is 10.2 Å². The third-order valence-corrected chi connectivity index (χ3v) is 3.50. The van der Waals surface area contributed by atoms with Gasteiger partial charge in [-0.1, -0.05) is 20.8 Å². The molecule has 2 atom stereocenters. The monoisotopic (exact) mass is 242 g/mol. The highest BCUT2D eigenvalue weighted by Crippen LogP contribution is 2.17. The molecule has 102 valence electrons. The van der Waals surface area contributed by atoms with Gasteiger partial charge in [0.25, 0.3) is 0 Å². The molecule has 0 spiro atoms. The number of ether oxygens (including phenoxy) is 1. The molecule has 1 rings (SSSR count). The van der Waals surface area contributed by atoms with E-state index < -0.39 is 0 Å². The number of hydrogen-bond acceptors (Lipinski definition) is 3. The van der Waals surface area contributed by atoms with Crippen LogP contribution in [0.5, 0.6) is 0 Å². The summed E-state index contributed by atoms with van der Waals surface area (Å²) in [4.78, 5) is 2.60.